The second kappa shape index (κ2) is 8.39. The maximum atomic E-state index is 12.1. The summed E-state index contributed by atoms with van der Waals surface area (Å²) in [6.07, 6.45) is 0.553. The van der Waals surface area contributed by atoms with Crippen molar-refractivity contribution in [2.45, 2.75) is 19.8 Å². The first kappa shape index (κ1) is 17.8. The molecule has 0 aliphatic heterocycles. The van der Waals surface area contributed by atoms with Crippen molar-refractivity contribution in [3.63, 3.8) is 0 Å². The molecule has 2 amide bonds. The molecule has 0 unspecified atom stereocenters. The second-order valence-electron chi connectivity index (χ2n) is 5.48. The molecule has 8 heteroatoms. The lowest BCUT2D eigenvalue weighted by Gasteiger charge is -2.07. The Hall–Kier alpha value is -3.00. The minimum absolute atomic E-state index is 0.171. The smallest absolute Gasteiger partial charge is 0.251 e. The van der Waals surface area contributed by atoms with Crippen LogP contribution in [0.2, 0.25) is 0 Å². The van der Waals surface area contributed by atoms with E-state index in [9.17, 15) is 9.59 Å². The van der Waals surface area contributed by atoms with Crippen LogP contribution in [-0.4, -0.2) is 28.5 Å². The fourth-order valence-electron chi connectivity index (χ4n) is 2.31. The predicted octanol–water partition coefficient (Wildman–Crippen LogP) is 3.12. The van der Waals surface area contributed by atoms with E-state index in [1.807, 2.05) is 24.4 Å². The van der Waals surface area contributed by atoms with Crippen LogP contribution in [0.3, 0.4) is 0 Å². The highest BCUT2D eigenvalue weighted by atomic mass is 32.1. The SMILES string of the molecule is CCNC(=O)c1cccc(NC(=O)CCc2nc(-c3cccs3)no2)c1. The maximum Gasteiger partial charge on any atom is 0.251 e. The highest BCUT2D eigenvalue weighted by molar-refractivity contribution is 7.13. The molecular weight excluding hydrogens is 352 g/mol. The summed E-state index contributed by atoms with van der Waals surface area (Å²) in [5.74, 6) is 0.592. The van der Waals surface area contributed by atoms with E-state index in [2.05, 4.69) is 20.8 Å². The Balaban J connectivity index is 1.54. The zero-order chi connectivity index (χ0) is 18.4. The number of hydrogen-bond acceptors (Lipinski definition) is 6. The van der Waals surface area contributed by atoms with Gasteiger partial charge in [0.05, 0.1) is 4.88 Å². The van der Waals surface area contributed by atoms with Gasteiger partial charge in [0, 0.05) is 30.6 Å². The van der Waals surface area contributed by atoms with E-state index in [0.29, 0.717) is 35.9 Å². The van der Waals surface area contributed by atoms with E-state index in [4.69, 9.17) is 4.52 Å². The Morgan fingerprint density at radius 3 is 2.88 bits per heavy atom. The van der Waals surface area contributed by atoms with Crippen LogP contribution in [0.5, 0.6) is 0 Å². The molecule has 0 saturated heterocycles. The largest absolute Gasteiger partial charge is 0.352 e. The summed E-state index contributed by atoms with van der Waals surface area (Å²) in [6, 6.07) is 10.6. The van der Waals surface area contributed by atoms with Crippen molar-refractivity contribution in [2.75, 3.05) is 11.9 Å². The van der Waals surface area contributed by atoms with Crippen LogP contribution < -0.4 is 10.6 Å². The van der Waals surface area contributed by atoms with Crippen molar-refractivity contribution < 1.29 is 14.1 Å². The summed E-state index contributed by atoms with van der Waals surface area (Å²) in [5.41, 5.74) is 1.07. The third kappa shape index (κ3) is 4.54. The number of nitrogens with one attached hydrogen (secondary N) is 2. The van der Waals surface area contributed by atoms with Crippen molar-refractivity contribution >= 4 is 28.8 Å². The molecule has 1 aromatic carbocycles. The van der Waals surface area contributed by atoms with E-state index in [1.54, 1.807) is 24.3 Å². The molecule has 0 radical (unpaired) electrons. The van der Waals surface area contributed by atoms with Crippen LogP contribution in [-0.2, 0) is 11.2 Å². The van der Waals surface area contributed by atoms with Gasteiger partial charge in [0.1, 0.15) is 0 Å². The van der Waals surface area contributed by atoms with Crippen molar-refractivity contribution in [3.05, 3.63) is 53.2 Å². The van der Waals surface area contributed by atoms with Gasteiger partial charge < -0.3 is 15.2 Å². The fraction of sp³-hybridized carbons (Fsp3) is 0.222. The molecule has 0 atom stereocenters. The number of aromatic nitrogens is 2. The topological polar surface area (TPSA) is 97.1 Å². The third-order valence-electron chi connectivity index (χ3n) is 3.52. The zero-order valence-electron chi connectivity index (χ0n) is 14.2. The maximum absolute atomic E-state index is 12.1. The van der Waals surface area contributed by atoms with E-state index < -0.39 is 0 Å². The van der Waals surface area contributed by atoms with Crippen molar-refractivity contribution in [1.82, 2.24) is 15.5 Å². The van der Waals surface area contributed by atoms with E-state index >= 15 is 0 Å². The number of thiophene rings is 1. The Morgan fingerprint density at radius 1 is 1.23 bits per heavy atom. The highest BCUT2D eigenvalue weighted by Gasteiger charge is 2.12. The summed E-state index contributed by atoms with van der Waals surface area (Å²) in [7, 11) is 0. The monoisotopic (exact) mass is 370 g/mol. The lowest BCUT2D eigenvalue weighted by molar-refractivity contribution is -0.116. The van der Waals surface area contributed by atoms with Crippen LogP contribution in [0.25, 0.3) is 10.7 Å². The van der Waals surface area contributed by atoms with E-state index in [-0.39, 0.29) is 18.2 Å². The molecule has 0 spiro atoms. The van der Waals surface area contributed by atoms with Gasteiger partial charge in [-0.2, -0.15) is 4.98 Å². The third-order valence-corrected chi connectivity index (χ3v) is 4.39. The number of hydrogen-bond donors (Lipinski definition) is 2. The Kier molecular flexibility index (Phi) is 5.75. The number of benzene rings is 1. The average molecular weight is 370 g/mol. The number of carbonyl (C=O) groups excluding carboxylic acids is 2. The van der Waals surface area contributed by atoms with Crippen molar-refractivity contribution in [1.29, 1.82) is 0 Å². The van der Waals surface area contributed by atoms with Gasteiger partial charge >= 0.3 is 0 Å². The molecule has 0 aliphatic carbocycles. The minimum Gasteiger partial charge on any atom is -0.352 e. The minimum atomic E-state index is -0.186. The van der Waals surface area contributed by atoms with Crippen LogP contribution in [0.4, 0.5) is 5.69 Å². The summed E-state index contributed by atoms with van der Waals surface area (Å²) < 4.78 is 5.18. The van der Waals surface area contributed by atoms with Crippen LogP contribution in [0, 0.1) is 0 Å². The molecule has 0 aliphatic rings. The number of anilines is 1. The molecule has 26 heavy (non-hydrogen) atoms. The quantitative estimate of drug-likeness (QED) is 0.666. The second-order valence-corrected chi connectivity index (χ2v) is 6.43. The van der Waals surface area contributed by atoms with Crippen LogP contribution >= 0.6 is 11.3 Å². The number of aryl methyl sites for hydroxylation is 1. The average Bonchev–Trinajstić information content (AvgIpc) is 3.32. The van der Waals surface area contributed by atoms with Gasteiger partial charge in [-0.05, 0) is 36.6 Å². The predicted molar refractivity (Wildman–Crippen MR) is 99.0 cm³/mol. The summed E-state index contributed by atoms with van der Waals surface area (Å²) in [4.78, 5) is 29.2. The molecule has 7 nitrogen and oxygen atoms in total. The van der Waals surface area contributed by atoms with Gasteiger partial charge in [-0.3, -0.25) is 9.59 Å². The number of amides is 2. The van der Waals surface area contributed by atoms with Gasteiger partial charge in [-0.25, -0.2) is 0 Å². The Bertz CT molecular complexity index is 889. The Labute approximate surface area is 154 Å². The highest BCUT2D eigenvalue weighted by Crippen LogP contribution is 2.21. The lowest BCUT2D eigenvalue weighted by atomic mass is 10.2. The number of rotatable bonds is 7. The van der Waals surface area contributed by atoms with Gasteiger partial charge in [0.2, 0.25) is 17.6 Å². The standard InChI is InChI=1S/C18H18N4O3S/c1-2-19-18(24)12-5-3-6-13(11-12)20-15(23)8-9-16-21-17(22-25-16)14-7-4-10-26-14/h3-7,10-11H,2,8-9H2,1H3,(H,19,24)(H,20,23). The van der Waals surface area contributed by atoms with Gasteiger partial charge in [0.15, 0.2) is 0 Å². The molecule has 2 heterocycles. The summed E-state index contributed by atoms with van der Waals surface area (Å²) >= 11 is 1.53. The Morgan fingerprint density at radius 2 is 2.12 bits per heavy atom. The van der Waals surface area contributed by atoms with Crippen LogP contribution in [0.15, 0.2) is 46.3 Å². The van der Waals surface area contributed by atoms with Gasteiger partial charge in [-0.1, -0.05) is 17.3 Å². The summed E-state index contributed by atoms with van der Waals surface area (Å²) in [6.45, 7) is 2.40. The molecule has 0 saturated carbocycles. The van der Waals surface area contributed by atoms with E-state index in [1.165, 1.54) is 11.3 Å². The first-order valence-electron chi connectivity index (χ1n) is 8.20. The molecule has 0 bridgehead atoms. The van der Waals surface area contributed by atoms with Gasteiger partial charge in [-0.15, -0.1) is 11.3 Å². The molecule has 3 rings (SSSR count). The number of nitrogens with zero attached hydrogens (tertiary/aromatic N) is 2. The molecule has 134 valence electrons. The first-order chi connectivity index (χ1) is 12.7. The van der Waals surface area contributed by atoms with E-state index in [0.717, 1.165) is 4.88 Å². The number of carbonyl (C=O) groups is 2. The van der Waals surface area contributed by atoms with Crippen molar-refractivity contribution in [3.8, 4) is 10.7 Å². The molecule has 2 N–H and O–H groups in total. The fourth-order valence-corrected chi connectivity index (χ4v) is 2.96. The van der Waals surface area contributed by atoms with Crippen LogP contribution in [0.1, 0.15) is 29.6 Å². The summed E-state index contributed by atoms with van der Waals surface area (Å²) in [5, 5.41) is 11.4. The molecule has 0 fully saturated rings. The van der Waals surface area contributed by atoms with Gasteiger partial charge in [0.25, 0.3) is 5.91 Å². The normalized spacial score (nSPS) is 10.5. The molecular formula is C18H18N4O3S. The molecule has 3 aromatic rings. The zero-order valence-corrected chi connectivity index (χ0v) is 15.0. The van der Waals surface area contributed by atoms with Crippen molar-refractivity contribution in [2.24, 2.45) is 0 Å². The molecule has 2 aromatic heterocycles. The lowest BCUT2D eigenvalue weighted by Crippen LogP contribution is -2.22. The first-order valence-corrected chi connectivity index (χ1v) is 9.08.